The normalized spacial score (nSPS) is 9.41. The van der Waals surface area contributed by atoms with E-state index in [0.29, 0.717) is 6.29 Å². The van der Waals surface area contributed by atoms with Gasteiger partial charge in [-0.3, -0.25) is 14.2 Å². The average molecular weight is 254 g/mol. The zero-order chi connectivity index (χ0) is 13.0. The zero-order valence-electron chi connectivity index (χ0n) is 9.82. The van der Waals surface area contributed by atoms with Crippen LogP contribution in [0.2, 0.25) is 5.28 Å². The highest BCUT2D eigenvalue weighted by Gasteiger charge is 2.22. The van der Waals surface area contributed by atoms with Gasteiger partial charge in [0.1, 0.15) is 11.4 Å². The van der Waals surface area contributed by atoms with E-state index in [0.717, 1.165) is 0 Å². The Kier molecular flexibility index (Phi) is 4.30. The van der Waals surface area contributed by atoms with Gasteiger partial charge < -0.3 is 4.90 Å². The second kappa shape index (κ2) is 5.51. The molecule has 0 unspecified atom stereocenters. The van der Waals surface area contributed by atoms with Crippen LogP contribution in [-0.2, 0) is 6.54 Å². The molecule has 5 nitrogen and oxygen atoms in total. The summed E-state index contributed by atoms with van der Waals surface area (Å²) in [6.45, 7) is 1.91. The van der Waals surface area contributed by atoms with Crippen LogP contribution in [0.1, 0.15) is 27.9 Å². The lowest BCUT2D eigenvalue weighted by Gasteiger charge is -2.12. The van der Waals surface area contributed by atoms with E-state index in [4.69, 9.17) is 11.6 Å². The van der Waals surface area contributed by atoms with E-state index in [2.05, 4.69) is 16.8 Å². The first-order valence-electron chi connectivity index (χ1n) is 4.85. The summed E-state index contributed by atoms with van der Waals surface area (Å²) in [6.07, 6.45) is 0.512. The molecule has 0 aliphatic carbocycles. The summed E-state index contributed by atoms with van der Waals surface area (Å²) < 4.78 is 1.42. The van der Waals surface area contributed by atoms with Gasteiger partial charge in [-0.2, -0.15) is 0 Å². The Morgan fingerprint density at radius 1 is 1.59 bits per heavy atom. The molecule has 6 heteroatoms. The molecule has 0 bridgehead atoms. The number of nitrogens with zero attached hydrogens (tertiary/aromatic N) is 3. The lowest BCUT2D eigenvalue weighted by atomic mass is 10.3. The van der Waals surface area contributed by atoms with Gasteiger partial charge >= 0.3 is 0 Å². The van der Waals surface area contributed by atoms with E-state index in [1.54, 1.807) is 21.0 Å². The first-order chi connectivity index (χ1) is 8.02. The number of carbonyl (C=O) groups excluding carboxylic acids is 2. The predicted molar refractivity (Wildman–Crippen MR) is 64.1 cm³/mol. The van der Waals surface area contributed by atoms with Crippen LogP contribution >= 0.6 is 11.6 Å². The van der Waals surface area contributed by atoms with Crippen LogP contribution < -0.4 is 0 Å². The second-order valence-corrected chi connectivity index (χ2v) is 3.78. The predicted octanol–water partition coefficient (Wildman–Crippen LogP) is 1.07. The van der Waals surface area contributed by atoms with E-state index in [-0.39, 0.29) is 29.1 Å². The fraction of sp³-hybridized carbons (Fsp3) is 0.364. The van der Waals surface area contributed by atoms with Crippen LogP contribution in [0.25, 0.3) is 0 Å². The number of aldehydes is 1. The average Bonchev–Trinajstić information content (AvgIpc) is 2.61. The molecule has 0 spiro atoms. The fourth-order valence-electron chi connectivity index (χ4n) is 1.26. The van der Waals surface area contributed by atoms with Gasteiger partial charge in [0.2, 0.25) is 5.28 Å². The van der Waals surface area contributed by atoms with Crippen LogP contribution in [0.15, 0.2) is 0 Å². The summed E-state index contributed by atoms with van der Waals surface area (Å²) in [5.74, 6) is 5.15. The molecule has 0 atom stereocenters. The summed E-state index contributed by atoms with van der Waals surface area (Å²) in [5, 5.41) is 0.0834. The number of carbonyl (C=O) groups is 2. The number of hydrogen-bond donors (Lipinski definition) is 0. The fourth-order valence-corrected chi connectivity index (χ4v) is 1.50. The van der Waals surface area contributed by atoms with Crippen LogP contribution in [0.5, 0.6) is 0 Å². The molecular formula is C11H12ClN3O2. The highest BCUT2D eigenvalue weighted by atomic mass is 35.5. The van der Waals surface area contributed by atoms with Gasteiger partial charge in [0.25, 0.3) is 5.91 Å². The van der Waals surface area contributed by atoms with Crippen molar-refractivity contribution in [2.75, 3.05) is 14.1 Å². The van der Waals surface area contributed by atoms with Gasteiger partial charge in [-0.05, 0) is 18.5 Å². The number of amides is 1. The maximum atomic E-state index is 11.9. The quantitative estimate of drug-likeness (QED) is 0.598. The van der Waals surface area contributed by atoms with E-state index in [9.17, 15) is 9.59 Å². The smallest absolute Gasteiger partial charge is 0.272 e. The standard InChI is InChI=1S/C11H12ClN3O2/c1-4-5-6-15-9(10(17)14(2)3)8(7-16)13-11(15)12/h7H,6H2,1-3H3. The van der Waals surface area contributed by atoms with Crippen molar-refractivity contribution in [3.8, 4) is 11.8 Å². The molecule has 1 aromatic heterocycles. The van der Waals surface area contributed by atoms with E-state index < -0.39 is 0 Å². The van der Waals surface area contributed by atoms with Crippen molar-refractivity contribution in [1.29, 1.82) is 0 Å². The van der Waals surface area contributed by atoms with Gasteiger partial charge in [0, 0.05) is 14.1 Å². The molecule has 1 rings (SSSR count). The summed E-state index contributed by atoms with van der Waals surface area (Å²) in [4.78, 5) is 28.0. The summed E-state index contributed by atoms with van der Waals surface area (Å²) >= 11 is 5.87. The third kappa shape index (κ3) is 2.66. The van der Waals surface area contributed by atoms with Gasteiger partial charge in [0.15, 0.2) is 6.29 Å². The Labute approximate surface area is 104 Å². The van der Waals surface area contributed by atoms with Gasteiger partial charge in [-0.15, -0.1) is 5.92 Å². The molecule has 90 valence electrons. The Balaban J connectivity index is 3.35. The Bertz CT molecular complexity index is 509. The maximum absolute atomic E-state index is 11.9. The molecule has 0 aliphatic heterocycles. The first-order valence-corrected chi connectivity index (χ1v) is 5.23. The van der Waals surface area contributed by atoms with Gasteiger partial charge in [-0.1, -0.05) is 5.92 Å². The van der Waals surface area contributed by atoms with Crippen molar-refractivity contribution in [2.45, 2.75) is 13.5 Å². The van der Waals surface area contributed by atoms with Crippen molar-refractivity contribution in [3.05, 3.63) is 16.7 Å². The lowest BCUT2D eigenvalue weighted by Crippen LogP contribution is -2.25. The molecule has 1 aromatic rings. The largest absolute Gasteiger partial charge is 0.343 e. The first kappa shape index (κ1) is 13.3. The number of hydrogen-bond acceptors (Lipinski definition) is 3. The summed E-state index contributed by atoms with van der Waals surface area (Å²) in [5.41, 5.74) is 0.198. The molecule has 0 radical (unpaired) electrons. The van der Waals surface area contributed by atoms with Crippen molar-refractivity contribution < 1.29 is 9.59 Å². The van der Waals surface area contributed by atoms with Gasteiger partial charge in [0.05, 0.1) is 6.54 Å². The molecular weight excluding hydrogens is 242 g/mol. The molecule has 0 N–H and O–H groups in total. The summed E-state index contributed by atoms with van der Waals surface area (Å²) in [7, 11) is 3.18. The number of aromatic nitrogens is 2. The second-order valence-electron chi connectivity index (χ2n) is 3.45. The molecule has 1 amide bonds. The van der Waals surface area contributed by atoms with Crippen LogP contribution in [0.3, 0.4) is 0 Å². The molecule has 0 fully saturated rings. The zero-order valence-corrected chi connectivity index (χ0v) is 10.6. The van der Waals surface area contributed by atoms with E-state index in [1.807, 2.05) is 0 Å². The minimum atomic E-state index is -0.329. The van der Waals surface area contributed by atoms with Crippen molar-refractivity contribution in [3.63, 3.8) is 0 Å². The third-order valence-corrected chi connectivity index (χ3v) is 2.37. The topological polar surface area (TPSA) is 55.2 Å². The van der Waals surface area contributed by atoms with E-state index >= 15 is 0 Å². The van der Waals surface area contributed by atoms with Crippen LogP contribution in [0, 0.1) is 11.8 Å². The summed E-state index contributed by atoms with van der Waals surface area (Å²) in [6, 6.07) is 0. The number of halogens is 1. The molecule has 0 saturated carbocycles. The third-order valence-electron chi connectivity index (χ3n) is 2.08. The number of imidazole rings is 1. The SMILES string of the molecule is CC#CCn1c(Cl)nc(C=O)c1C(=O)N(C)C. The van der Waals surface area contributed by atoms with Crippen molar-refractivity contribution in [2.24, 2.45) is 0 Å². The van der Waals surface area contributed by atoms with Gasteiger partial charge in [-0.25, -0.2) is 4.98 Å². The van der Waals surface area contributed by atoms with Crippen LogP contribution in [0.4, 0.5) is 0 Å². The maximum Gasteiger partial charge on any atom is 0.272 e. The highest BCUT2D eigenvalue weighted by molar-refractivity contribution is 6.29. The van der Waals surface area contributed by atoms with Crippen molar-refractivity contribution >= 4 is 23.8 Å². The van der Waals surface area contributed by atoms with E-state index in [1.165, 1.54) is 9.47 Å². The molecule has 0 aromatic carbocycles. The Hall–Kier alpha value is -1.80. The highest BCUT2D eigenvalue weighted by Crippen LogP contribution is 2.16. The van der Waals surface area contributed by atoms with Crippen LogP contribution in [-0.4, -0.2) is 40.7 Å². The molecule has 0 saturated heterocycles. The lowest BCUT2D eigenvalue weighted by molar-refractivity contribution is 0.0814. The minimum Gasteiger partial charge on any atom is -0.343 e. The minimum absolute atomic E-state index is 0.0339. The monoisotopic (exact) mass is 253 g/mol. The molecule has 17 heavy (non-hydrogen) atoms. The Morgan fingerprint density at radius 3 is 2.71 bits per heavy atom. The molecule has 1 heterocycles. The van der Waals surface area contributed by atoms with Crippen molar-refractivity contribution in [1.82, 2.24) is 14.5 Å². The Morgan fingerprint density at radius 2 is 2.24 bits per heavy atom. The number of rotatable bonds is 3. The molecule has 0 aliphatic rings.